The predicted molar refractivity (Wildman–Crippen MR) is 73.9 cm³/mol. The van der Waals surface area contributed by atoms with Crippen molar-refractivity contribution >= 4 is 11.8 Å². The van der Waals surface area contributed by atoms with Crippen LogP contribution in [-0.2, 0) is 11.2 Å². The highest BCUT2D eigenvalue weighted by atomic mass is 32.2. The van der Waals surface area contributed by atoms with E-state index in [4.69, 9.17) is 4.74 Å². The highest BCUT2D eigenvalue weighted by Crippen LogP contribution is 2.26. The van der Waals surface area contributed by atoms with E-state index in [0.29, 0.717) is 6.10 Å². The van der Waals surface area contributed by atoms with E-state index in [1.807, 2.05) is 0 Å². The minimum atomic E-state index is 0.470. The second kappa shape index (κ2) is 7.14. The number of rotatable bonds is 6. The molecule has 2 atom stereocenters. The van der Waals surface area contributed by atoms with Crippen LogP contribution >= 0.6 is 11.8 Å². The van der Waals surface area contributed by atoms with E-state index in [1.54, 1.807) is 11.8 Å². The number of nitrogens with one attached hydrogen (secondary N) is 1. The molecule has 0 amide bonds. The smallest absolute Gasteiger partial charge is 0.208 e. The number of aromatic amines is 1. The molecule has 1 aromatic rings. The summed E-state index contributed by atoms with van der Waals surface area (Å²) < 4.78 is 5.96. The summed E-state index contributed by atoms with van der Waals surface area (Å²) in [6, 6.07) is 0. The van der Waals surface area contributed by atoms with Crippen LogP contribution in [0.15, 0.2) is 5.16 Å². The van der Waals surface area contributed by atoms with Crippen molar-refractivity contribution in [3.63, 3.8) is 0 Å². The van der Waals surface area contributed by atoms with Gasteiger partial charge in [-0.3, -0.25) is 5.10 Å². The maximum Gasteiger partial charge on any atom is 0.208 e. The van der Waals surface area contributed by atoms with E-state index in [-0.39, 0.29) is 0 Å². The van der Waals surface area contributed by atoms with Crippen molar-refractivity contribution in [2.24, 2.45) is 5.92 Å². The van der Waals surface area contributed by atoms with Crippen molar-refractivity contribution < 1.29 is 4.74 Å². The Hall–Kier alpha value is -0.550. The summed E-state index contributed by atoms with van der Waals surface area (Å²) in [5, 5.41) is 7.93. The van der Waals surface area contributed by atoms with Gasteiger partial charge in [0.25, 0.3) is 0 Å². The molecule has 1 saturated carbocycles. The Kier molecular flexibility index (Phi) is 5.50. The molecular formula is C13H23N3OS. The summed E-state index contributed by atoms with van der Waals surface area (Å²) in [4.78, 5) is 4.37. The molecule has 5 heteroatoms. The van der Waals surface area contributed by atoms with Gasteiger partial charge >= 0.3 is 0 Å². The second-order valence-corrected chi connectivity index (χ2v) is 6.00. The lowest BCUT2D eigenvalue weighted by Crippen LogP contribution is -2.26. The average Bonchev–Trinajstić information content (AvgIpc) is 2.84. The fourth-order valence-corrected chi connectivity index (χ4v) is 3.01. The van der Waals surface area contributed by atoms with E-state index < -0.39 is 0 Å². The summed E-state index contributed by atoms with van der Waals surface area (Å²) in [5.41, 5.74) is 0. The molecule has 1 fully saturated rings. The largest absolute Gasteiger partial charge is 0.377 e. The molecule has 1 aliphatic rings. The van der Waals surface area contributed by atoms with Gasteiger partial charge in [0, 0.05) is 12.2 Å². The molecule has 0 spiro atoms. The Balaban J connectivity index is 1.63. The number of H-pyrrole nitrogens is 1. The maximum absolute atomic E-state index is 5.96. The van der Waals surface area contributed by atoms with Crippen LogP contribution in [0.1, 0.15) is 45.4 Å². The standard InChI is InChI=1S/C13H23N3OS/c1-3-12-14-13(16-15-12)18-9-8-17-11-7-5-4-6-10(11)2/h10-11H,3-9H2,1-2H3,(H,14,15,16)/t10-,11+/m0/s1. The Morgan fingerprint density at radius 2 is 2.22 bits per heavy atom. The Morgan fingerprint density at radius 1 is 1.39 bits per heavy atom. The number of nitrogens with zero attached hydrogens (tertiary/aromatic N) is 2. The number of hydrogen-bond acceptors (Lipinski definition) is 4. The van der Waals surface area contributed by atoms with Gasteiger partial charge in [-0.1, -0.05) is 38.5 Å². The lowest BCUT2D eigenvalue weighted by molar-refractivity contribution is 0.00345. The van der Waals surface area contributed by atoms with Gasteiger partial charge < -0.3 is 4.74 Å². The van der Waals surface area contributed by atoms with Crippen molar-refractivity contribution in [1.82, 2.24) is 15.2 Å². The zero-order valence-electron chi connectivity index (χ0n) is 11.3. The SMILES string of the molecule is CCc1nc(SCCO[C@@H]2CCCC[C@@H]2C)n[nH]1. The van der Waals surface area contributed by atoms with E-state index in [1.165, 1.54) is 25.7 Å². The van der Waals surface area contributed by atoms with E-state index >= 15 is 0 Å². The first kappa shape index (κ1) is 13.9. The molecule has 0 bridgehead atoms. The Morgan fingerprint density at radius 3 is 2.94 bits per heavy atom. The molecule has 1 aromatic heterocycles. The zero-order valence-corrected chi connectivity index (χ0v) is 12.1. The minimum Gasteiger partial charge on any atom is -0.377 e. The fraction of sp³-hybridized carbons (Fsp3) is 0.846. The normalized spacial score (nSPS) is 24.3. The number of aryl methyl sites for hydroxylation is 1. The van der Waals surface area contributed by atoms with Gasteiger partial charge in [0.05, 0.1) is 12.7 Å². The van der Waals surface area contributed by atoms with E-state index in [0.717, 1.165) is 35.7 Å². The third-order valence-electron chi connectivity index (χ3n) is 3.53. The number of hydrogen-bond donors (Lipinski definition) is 1. The zero-order chi connectivity index (χ0) is 12.8. The Bertz CT molecular complexity index is 356. The molecule has 18 heavy (non-hydrogen) atoms. The summed E-state index contributed by atoms with van der Waals surface area (Å²) in [6.07, 6.45) is 6.61. The van der Waals surface area contributed by atoms with Crippen LogP contribution in [0.25, 0.3) is 0 Å². The lowest BCUT2D eigenvalue weighted by Gasteiger charge is -2.28. The van der Waals surface area contributed by atoms with Gasteiger partial charge in [0.15, 0.2) is 0 Å². The first-order valence-electron chi connectivity index (χ1n) is 6.95. The molecule has 0 unspecified atom stereocenters. The van der Waals surface area contributed by atoms with Crippen molar-refractivity contribution in [3.05, 3.63) is 5.82 Å². The fourth-order valence-electron chi connectivity index (χ4n) is 2.36. The van der Waals surface area contributed by atoms with Crippen LogP contribution in [0.4, 0.5) is 0 Å². The van der Waals surface area contributed by atoms with Gasteiger partial charge in [0.2, 0.25) is 5.16 Å². The topological polar surface area (TPSA) is 50.8 Å². The monoisotopic (exact) mass is 269 g/mol. The summed E-state index contributed by atoms with van der Waals surface area (Å²) in [5.74, 6) is 2.61. The number of aromatic nitrogens is 3. The third-order valence-corrected chi connectivity index (χ3v) is 4.34. The van der Waals surface area contributed by atoms with E-state index in [9.17, 15) is 0 Å². The van der Waals surface area contributed by atoms with Crippen LogP contribution in [0.5, 0.6) is 0 Å². The molecule has 0 aromatic carbocycles. The molecule has 4 nitrogen and oxygen atoms in total. The van der Waals surface area contributed by atoms with Gasteiger partial charge in [0.1, 0.15) is 5.82 Å². The third kappa shape index (κ3) is 3.99. The van der Waals surface area contributed by atoms with Crippen LogP contribution in [0.3, 0.4) is 0 Å². The molecule has 0 aliphatic heterocycles. The van der Waals surface area contributed by atoms with E-state index in [2.05, 4.69) is 29.0 Å². The van der Waals surface area contributed by atoms with Crippen LogP contribution in [-0.4, -0.2) is 33.6 Å². The number of thioether (sulfide) groups is 1. The first-order chi connectivity index (χ1) is 8.79. The molecular weight excluding hydrogens is 246 g/mol. The molecule has 0 saturated heterocycles. The van der Waals surface area contributed by atoms with Gasteiger partial charge in [-0.2, -0.15) is 0 Å². The molecule has 0 radical (unpaired) electrons. The summed E-state index contributed by atoms with van der Waals surface area (Å²) >= 11 is 1.67. The van der Waals surface area contributed by atoms with Gasteiger partial charge in [-0.25, -0.2) is 4.98 Å². The van der Waals surface area contributed by atoms with Gasteiger partial charge in [-0.05, 0) is 18.8 Å². The average molecular weight is 269 g/mol. The first-order valence-corrected chi connectivity index (χ1v) is 7.94. The highest BCUT2D eigenvalue weighted by Gasteiger charge is 2.21. The molecule has 1 heterocycles. The second-order valence-electron chi connectivity index (χ2n) is 4.94. The quantitative estimate of drug-likeness (QED) is 0.637. The van der Waals surface area contributed by atoms with Crippen LogP contribution in [0.2, 0.25) is 0 Å². The Labute approximate surface area is 113 Å². The van der Waals surface area contributed by atoms with Gasteiger partial charge in [-0.15, -0.1) is 5.10 Å². The lowest BCUT2D eigenvalue weighted by atomic mass is 9.88. The summed E-state index contributed by atoms with van der Waals surface area (Å²) in [6.45, 7) is 5.18. The number of ether oxygens (including phenoxy) is 1. The predicted octanol–water partition coefficient (Wildman–Crippen LogP) is 3.05. The molecule has 1 N–H and O–H groups in total. The summed E-state index contributed by atoms with van der Waals surface area (Å²) in [7, 11) is 0. The minimum absolute atomic E-state index is 0.470. The highest BCUT2D eigenvalue weighted by molar-refractivity contribution is 7.99. The molecule has 2 rings (SSSR count). The van der Waals surface area contributed by atoms with Crippen molar-refractivity contribution in [1.29, 1.82) is 0 Å². The van der Waals surface area contributed by atoms with Crippen LogP contribution in [0, 0.1) is 5.92 Å². The molecule has 102 valence electrons. The van der Waals surface area contributed by atoms with Crippen molar-refractivity contribution in [2.75, 3.05) is 12.4 Å². The maximum atomic E-state index is 5.96. The van der Waals surface area contributed by atoms with Crippen molar-refractivity contribution in [2.45, 2.75) is 57.2 Å². The van der Waals surface area contributed by atoms with Crippen molar-refractivity contribution in [3.8, 4) is 0 Å². The van der Waals surface area contributed by atoms with Crippen LogP contribution < -0.4 is 0 Å². The molecule has 1 aliphatic carbocycles.